The van der Waals surface area contributed by atoms with Gasteiger partial charge in [-0.1, -0.05) is 62.4 Å². The Bertz CT molecular complexity index is 743. The van der Waals surface area contributed by atoms with Gasteiger partial charge in [0.1, 0.15) is 0 Å². The Morgan fingerprint density at radius 3 is 2.52 bits per heavy atom. The van der Waals surface area contributed by atoms with Crippen molar-refractivity contribution in [2.45, 2.75) is 38.6 Å². The zero-order chi connectivity index (χ0) is 16.0. The van der Waals surface area contributed by atoms with Crippen molar-refractivity contribution in [1.82, 2.24) is 5.01 Å². The van der Waals surface area contributed by atoms with Crippen LogP contribution in [0.15, 0.2) is 53.6 Å². The minimum atomic E-state index is 0.375. The lowest BCUT2D eigenvalue weighted by Gasteiger charge is -2.29. The van der Waals surface area contributed by atoms with Crippen LogP contribution in [0.4, 0.5) is 0 Å². The highest BCUT2D eigenvalue weighted by Crippen LogP contribution is 2.42. The molecule has 2 heteroatoms. The van der Waals surface area contributed by atoms with E-state index < -0.39 is 0 Å². The summed E-state index contributed by atoms with van der Waals surface area (Å²) in [6, 6.07) is 18.3. The van der Waals surface area contributed by atoms with Gasteiger partial charge in [-0.15, -0.1) is 0 Å². The Balaban J connectivity index is 1.68. The molecule has 118 valence electrons. The highest BCUT2D eigenvalue weighted by molar-refractivity contribution is 6.05. The van der Waals surface area contributed by atoms with Crippen molar-refractivity contribution in [3.05, 3.63) is 70.8 Å². The topological polar surface area (TPSA) is 15.6 Å². The van der Waals surface area contributed by atoms with Gasteiger partial charge in [0.05, 0.1) is 11.8 Å². The van der Waals surface area contributed by atoms with Gasteiger partial charge in [0.2, 0.25) is 0 Å². The summed E-state index contributed by atoms with van der Waals surface area (Å²) >= 11 is 0. The van der Waals surface area contributed by atoms with Crippen molar-refractivity contribution in [3.63, 3.8) is 0 Å². The van der Waals surface area contributed by atoms with Crippen LogP contribution < -0.4 is 0 Å². The summed E-state index contributed by atoms with van der Waals surface area (Å²) in [4.78, 5) is 0. The van der Waals surface area contributed by atoms with Crippen LogP contribution in [0, 0.1) is 5.92 Å². The van der Waals surface area contributed by atoms with Crippen LogP contribution in [-0.4, -0.2) is 17.8 Å². The van der Waals surface area contributed by atoms with Crippen LogP contribution >= 0.6 is 0 Å². The molecule has 0 saturated carbocycles. The number of benzene rings is 2. The SMILES string of the molecule is CC(C)c1ccc([C@H]2[C@@H]3CCc4ccccc4C3=NN2C)cc1. The van der Waals surface area contributed by atoms with E-state index in [1.54, 1.807) is 0 Å². The van der Waals surface area contributed by atoms with Crippen molar-refractivity contribution in [2.24, 2.45) is 11.0 Å². The average molecular weight is 304 g/mol. The van der Waals surface area contributed by atoms with Crippen LogP contribution in [0.25, 0.3) is 0 Å². The molecular formula is C21H24N2. The first-order valence-corrected chi connectivity index (χ1v) is 8.64. The quantitative estimate of drug-likeness (QED) is 0.781. The fourth-order valence-corrected chi connectivity index (χ4v) is 4.09. The average Bonchev–Trinajstić information content (AvgIpc) is 2.91. The number of hydrazone groups is 1. The van der Waals surface area contributed by atoms with Crippen molar-refractivity contribution >= 4 is 5.71 Å². The van der Waals surface area contributed by atoms with Gasteiger partial charge < -0.3 is 0 Å². The third kappa shape index (κ3) is 2.37. The summed E-state index contributed by atoms with van der Waals surface area (Å²) in [5, 5.41) is 7.09. The van der Waals surface area contributed by atoms with E-state index in [4.69, 9.17) is 5.10 Å². The molecule has 0 N–H and O–H groups in total. The molecule has 2 aromatic carbocycles. The Morgan fingerprint density at radius 1 is 1.04 bits per heavy atom. The van der Waals surface area contributed by atoms with E-state index in [0.717, 1.165) is 6.42 Å². The van der Waals surface area contributed by atoms with Gasteiger partial charge in [0, 0.05) is 18.5 Å². The lowest BCUT2D eigenvalue weighted by atomic mass is 9.77. The second-order valence-corrected chi connectivity index (χ2v) is 7.13. The molecule has 0 aromatic heterocycles. The highest BCUT2D eigenvalue weighted by atomic mass is 15.5. The molecule has 0 spiro atoms. The molecule has 2 nitrogen and oxygen atoms in total. The maximum Gasteiger partial charge on any atom is 0.0801 e. The zero-order valence-corrected chi connectivity index (χ0v) is 14.2. The number of nitrogens with zero attached hydrogens (tertiary/aromatic N) is 2. The van der Waals surface area contributed by atoms with Gasteiger partial charge in [0.25, 0.3) is 0 Å². The largest absolute Gasteiger partial charge is 0.292 e. The van der Waals surface area contributed by atoms with Crippen LogP contribution in [0.3, 0.4) is 0 Å². The number of hydrogen-bond acceptors (Lipinski definition) is 2. The molecule has 0 amide bonds. The smallest absolute Gasteiger partial charge is 0.0801 e. The molecule has 1 aliphatic carbocycles. The minimum Gasteiger partial charge on any atom is -0.292 e. The van der Waals surface area contributed by atoms with Crippen molar-refractivity contribution in [1.29, 1.82) is 0 Å². The normalized spacial score (nSPS) is 22.8. The first-order valence-electron chi connectivity index (χ1n) is 8.64. The van der Waals surface area contributed by atoms with E-state index in [-0.39, 0.29) is 0 Å². The summed E-state index contributed by atoms with van der Waals surface area (Å²) < 4.78 is 0. The Kier molecular flexibility index (Phi) is 3.48. The van der Waals surface area contributed by atoms with Gasteiger partial charge in [-0.05, 0) is 35.4 Å². The maximum atomic E-state index is 4.92. The van der Waals surface area contributed by atoms with E-state index >= 15 is 0 Å². The molecular weight excluding hydrogens is 280 g/mol. The molecule has 0 saturated heterocycles. The number of hydrogen-bond donors (Lipinski definition) is 0. The molecule has 4 rings (SSSR count). The van der Waals surface area contributed by atoms with Gasteiger partial charge in [-0.3, -0.25) is 5.01 Å². The third-order valence-corrected chi connectivity index (χ3v) is 5.36. The van der Waals surface area contributed by atoms with Gasteiger partial charge in [-0.2, -0.15) is 5.10 Å². The van der Waals surface area contributed by atoms with Gasteiger partial charge in [-0.25, -0.2) is 0 Å². The summed E-state index contributed by atoms with van der Waals surface area (Å²) in [5.41, 5.74) is 6.89. The second-order valence-electron chi connectivity index (χ2n) is 7.13. The lowest BCUT2D eigenvalue weighted by Crippen LogP contribution is -2.27. The van der Waals surface area contributed by atoms with Crippen LogP contribution in [0.2, 0.25) is 0 Å². The van der Waals surface area contributed by atoms with E-state index in [9.17, 15) is 0 Å². The molecule has 0 radical (unpaired) electrons. The van der Waals surface area contributed by atoms with Crippen molar-refractivity contribution in [2.75, 3.05) is 7.05 Å². The third-order valence-electron chi connectivity index (χ3n) is 5.36. The number of aryl methyl sites for hydroxylation is 1. The second kappa shape index (κ2) is 5.52. The molecule has 23 heavy (non-hydrogen) atoms. The maximum absolute atomic E-state index is 4.92. The molecule has 2 aromatic rings. The molecule has 0 unspecified atom stereocenters. The highest BCUT2D eigenvalue weighted by Gasteiger charge is 2.39. The number of fused-ring (bicyclic) bond motifs is 3. The summed E-state index contributed by atoms with van der Waals surface area (Å²) in [6.45, 7) is 4.49. The monoisotopic (exact) mass is 304 g/mol. The molecule has 0 fully saturated rings. The Hall–Kier alpha value is -2.09. The van der Waals surface area contributed by atoms with E-state index in [1.165, 1.54) is 34.4 Å². The zero-order valence-electron chi connectivity index (χ0n) is 14.2. The van der Waals surface area contributed by atoms with Gasteiger partial charge in [0.15, 0.2) is 0 Å². The molecule has 0 bridgehead atoms. The summed E-state index contributed by atoms with van der Waals surface area (Å²) in [7, 11) is 2.12. The lowest BCUT2D eigenvalue weighted by molar-refractivity contribution is 0.244. The molecule has 2 atom stereocenters. The molecule has 1 heterocycles. The minimum absolute atomic E-state index is 0.375. The standard InChI is InChI=1S/C21H24N2/c1-14(2)15-8-10-17(11-9-15)21-19-13-12-16-6-4-5-7-18(16)20(19)22-23(21)3/h4-11,14,19,21H,12-13H2,1-3H3/t19-,21+/m1/s1. The van der Waals surface area contributed by atoms with E-state index in [0.29, 0.717) is 17.9 Å². The fraction of sp³-hybridized carbons (Fsp3) is 0.381. The predicted molar refractivity (Wildman–Crippen MR) is 95.8 cm³/mol. The predicted octanol–water partition coefficient (Wildman–Crippen LogP) is 4.76. The Labute approximate surface area is 138 Å². The van der Waals surface area contributed by atoms with Gasteiger partial charge >= 0.3 is 0 Å². The summed E-state index contributed by atoms with van der Waals surface area (Å²) in [6.07, 6.45) is 2.35. The molecule has 2 aliphatic rings. The van der Waals surface area contributed by atoms with Crippen LogP contribution in [-0.2, 0) is 6.42 Å². The van der Waals surface area contributed by atoms with Crippen LogP contribution in [0.5, 0.6) is 0 Å². The van der Waals surface area contributed by atoms with Crippen molar-refractivity contribution < 1.29 is 0 Å². The first kappa shape index (κ1) is 14.5. The fourth-order valence-electron chi connectivity index (χ4n) is 4.09. The Morgan fingerprint density at radius 2 is 1.78 bits per heavy atom. The van der Waals surface area contributed by atoms with E-state index in [1.807, 2.05) is 0 Å². The van der Waals surface area contributed by atoms with E-state index in [2.05, 4.69) is 74.4 Å². The van der Waals surface area contributed by atoms with Crippen molar-refractivity contribution in [3.8, 4) is 0 Å². The number of rotatable bonds is 2. The first-order chi connectivity index (χ1) is 11.1. The summed E-state index contributed by atoms with van der Waals surface area (Å²) in [5.74, 6) is 1.10. The molecule has 1 aliphatic heterocycles. The van der Waals surface area contributed by atoms with Crippen LogP contribution in [0.1, 0.15) is 54.5 Å².